The highest BCUT2D eigenvalue weighted by atomic mass is 79.9. The second kappa shape index (κ2) is 6.18. The van der Waals surface area contributed by atoms with Gasteiger partial charge in [-0.15, -0.1) is 0 Å². The number of anilines is 1. The number of thiazole rings is 1. The molecule has 1 aliphatic rings. The number of nitrogens with one attached hydrogen (secondary N) is 1. The Hall–Kier alpha value is -1.73. The number of hydrogen-bond donors (Lipinski definition) is 1. The largest absolute Gasteiger partial charge is 0.333 e. The Bertz CT molecular complexity index is 744. The van der Waals surface area contributed by atoms with E-state index in [0.717, 1.165) is 15.0 Å². The van der Waals surface area contributed by atoms with Crippen molar-refractivity contribution in [3.63, 3.8) is 0 Å². The van der Waals surface area contributed by atoms with Crippen molar-refractivity contribution < 1.29 is 9.59 Å². The zero-order chi connectivity index (χ0) is 15.7. The van der Waals surface area contributed by atoms with Crippen molar-refractivity contribution in [1.29, 1.82) is 0 Å². The van der Waals surface area contributed by atoms with Crippen molar-refractivity contribution in [2.24, 2.45) is 0 Å². The summed E-state index contributed by atoms with van der Waals surface area (Å²) in [6.45, 7) is 2.63. The zero-order valence-corrected chi connectivity index (χ0v) is 14.3. The van der Waals surface area contributed by atoms with Gasteiger partial charge in [0.15, 0.2) is 5.13 Å². The van der Waals surface area contributed by atoms with Gasteiger partial charge in [0, 0.05) is 29.2 Å². The molecule has 0 spiro atoms. The molecule has 0 bridgehead atoms. The molecular weight excluding hydrogens is 366 g/mol. The number of amides is 2. The van der Waals surface area contributed by atoms with Crippen LogP contribution in [-0.4, -0.2) is 28.2 Å². The summed E-state index contributed by atoms with van der Waals surface area (Å²) in [5.74, 6) is -0.125. The van der Waals surface area contributed by atoms with Gasteiger partial charge >= 0.3 is 0 Å². The van der Waals surface area contributed by atoms with Gasteiger partial charge < -0.3 is 10.2 Å². The molecule has 7 heteroatoms. The predicted octanol–water partition coefficient (Wildman–Crippen LogP) is 3.06. The van der Waals surface area contributed by atoms with Crippen LogP contribution >= 0.6 is 27.3 Å². The highest BCUT2D eigenvalue weighted by Gasteiger charge is 2.25. The third-order valence-electron chi connectivity index (χ3n) is 3.41. The van der Waals surface area contributed by atoms with Gasteiger partial charge in [-0.1, -0.05) is 23.5 Å². The maximum atomic E-state index is 12.6. The minimum absolute atomic E-state index is 0.00704. The molecule has 1 N–H and O–H groups in total. The van der Waals surface area contributed by atoms with E-state index >= 15 is 0 Å². The normalized spacial score (nSPS) is 13.6. The first-order valence-corrected chi connectivity index (χ1v) is 8.45. The number of hydrogen-bond acceptors (Lipinski definition) is 4. The molecule has 0 saturated carbocycles. The summed E-state index contributed by atoms with van der Waals surface area (Å²) in [6.07, 6.45) is 0.710. The monoisotopic (exact) mass is 379 g/mol. The van der Waals surface area contributed by atoms with E-state index in [1.807, 2.05) is 29.2 Å². The number of nitrogens with zero attached hydrogens (tertiary/aromatic N) is 2. The maximum absolute atomic E-state index is 12.6. The Labute approximate surface area is 140 Å². The molecule has 0 saturated heterocycles. The van der Waals surface area contributed by atoms with Crippen LogP contribution in [0.15, 0.2) is 28.7 Å². The predicted molar refractivity (Wildman–Crippen MR) is 89.0 cm³/mol. The summed E-state index contributed by atoms with van der Waals surface area (Å²) in [4.78, 5) is 31.0. The molecule has 2 aromatic rings. The van der Waals surface area contributed by atoms with Gasteiger partial charge in [-0.05, 0) is 28.1 Å². The van der Waals surface area contributed by atoms with E-state index in [9.17, 15) is 9.59 Å². The fourth-order valence-electron chi connectivity index (χ4n) is 2.38. The number of rotatable bonds is 2. The Kier molecular flexibility index (Phi) is 4.26. The molecule has 1 aliphatic heterocycles. The first-order valence-electron chi connectivity index (χ1n) is 6.84. The molecule has 5 nitrogen and oxygen atoms in total. The first-order chi connectivity index (χ1) is 10.5. The van der Waals surface area contributed by atoms with E-state index in [1.165, 1.54) is 18.3 Å². The number of carbonyl (C=O) groups excluding carboxylic acids is 2. The minimum Gasteiger partial charge on any atom is -0.333 e. The summed E-state index contributed by atoms with van der Waals surface area (Å²) in [6, 6.07) is 7.43. The lowest BCUT2D eigenvalue weighted by Crippen LogP contribution is -2.35. The van der Waals surface area contributed by atoms with Gasteiger partial charge in [0.05, 0.1) is 17.8 Å². The van der Waals surface area contributed by atoms with Crippen molar-refractivity contribution in [1.82, 2.24) is 9.88 Å². The topological polar surface area (TPSA) is 62.3 Å². The number of fused-ring (bicyclic) bond motifs is 1. The highest BCUT2D eigenvalue weighted by Crippen LogP contribution is 2.29. The van der Waals surface area contributed by atoms with Crippen molar-refractivity contribution in [3.05, 3.63) is 44.9 Å². The Balaban J connectivity index is 1.79. The zero-order valence-electron chi connectivity index (χ0n) is 11.9. The number of carbonyl (C=O) groups is 2. The summed E-state index contributed by atoms with van der Waals surface area (Å²) >= 11 is 4.86. The smallest absolute Gasteiger partial charge is 0.255 e. The molecule has 1 aromatic heterocycles. The van der Waals surface area contributed by atoms with E-state index in [1.54, 1.807) is 0 Å². The van der Waals surface area contributed by atoms with Crippen LogP contribution in [0.3, 0.4) is 0 Å². The second-order valence-corrected chi connectivity index (χ2v) is 6.96. The van der Waals surface area contributed by atoms with Crippen LogP contribution in [0.25, 0.3) is 0 Å². The number of halogens is 1. The third-order valence-corrected chi connectivity index (χ3v) is 5.10. The summed E-state index contributed by atoms with van der Waals surface area (Å²) in [5.41, 5.74) is 1.64. The van der Waals surface area contributed by atoms with Crippen LogP contribution in [0.5, 0.6) is 0 Å². The standard InChI is InChI=1S/C15H14BrN3O2S/c1-9(20)17-15-18-12-6-7-19(8-13(12)22-15)14(21)10-4-2-3-5-11(10)16/h2-5H,6-8H2,1H3,(H,17,18,20). The van der Waals surface area contributed by atoms with Gasteiger partial charge in [-0.25, -0.2) is 4.98 Å². The van der Waals surface area contributed by atoms with Gasteiger partial charge in [0.1, 0.15) is 0 Å². The van der Waals surface area contributed by atoms with E-state index in [4.69, 9.17) is 0 Å². The van der Waals surface area contributed by atoms with Gasteiger partial charge in [0.25, 0.3) is 5.91 Å². The van der Waals surface area contributed by atoms with E-state index < -0.39 is 0 Å². The van der Waals surface area contributed by atoms with Crippen LogP contribution in [0, 0.1) is 0 Å². The third kappa shape index (κ3) is 3.05. The molecule has 0 radical (unpaired) electrons. The molecule has 1 aromatic carbocycles. The summed E-state index contributed by atoms with van der Waals surface area (Å²) in [7, 11) is 0. The van der Waals surface area contributed by atoms with Crippen LogP contribution in [0.2, 0.25) is 0 Å². The Morgan fingerprint density at radius 2 is 2.14 bits per heavy atom. The molecule has 3 rings (SSSR count). The SMILES string of the molecule is CC(=O)Nc1nc2c(s1)CN(C(=O)c1ccccc1Br)CC2. The van der Waals surface area contributed by atoms with E-state index in [0.29, 0.717) is 30.2 Å². The quantitative estimate of drug-likeness (QED) is 0.871. The van der Waals surface area contributed by atoms with Gasteiger partial charge in [0.2, 0.25) is 5.91 Å². The van der Waals surface area contributed by atoms with Crippen LogP contribution in [0.4, 0.5) is 5.13 Å². The van der Waals surface area contributed by atoms with Crippen molar-refractivity contribution in [3.8, 4) is 0 Å². The lowest BCUT2D eigenvalue weighted by Gasteiger charge is -2.26. The summed E-state index contributed by atoms with van der Waals surface area (Å²) < 4.78 is 0.800. The Morgan fingerprint density at radius 3 is 2.86 bits per heavy atom. The van der Waals surface area contributed by atoms with E-state index in [-0.39, 0.29) is 11.8 Å². The molecule has 0 aliphatic carbocycles. The van der Waals surface area contributed by atoms with Crippen LogP contribution in [-0.2, 0) is 17.8 Å². The Morgan fingerprint density at radius 1 is 1.36 bits per heavy atom. The second-order valence-electron chi connectivity index (χ2n) is 5.03. The van der Waals surface area contributed by atoms with Crippen LogP contribution < -0.4 is 5.32 Å². The fraction of sp³-hybridized carbons (Fsp3) is 0.267. The van der Waals surface area contributed by atoms with E-state index in [2.05, 4.69) is 26.2 Å². The molecule has 0 atom stereocenters. The van der Waals surface area contributed by atoms with Gasteiger partial charge in [-0.3, -0.25) is 9.59 Å². The number of benzene rings is 1. The maximum Gasteiger partial charge on any atom is 0.255 e. The lowest BCUT2D eigenvalue weighted by molar-refractivity contribution is -0.114. The molecular formula is C15H14BrN3O2S. The fourth-order valence-corrected chi connectivity index (χ4v) is 3.90. The average Bonchev–Trinajstić information content (AvgIpc) is 2.87. The lowest BCUT2D eigenvalue weighted by atomic mass is 10.1. The molecule has 2 amide bonds. The molecule has 0 fully saturated rings. The average molecular weight is 380 g/mol. The molecule has 22 heavy (non-hydrogen) atoms. The molecule has 0 unspecified atom stereocenters. The molecule has 114 valence electrons. The van der Waals surface area contributed by atoms with Crippen molar-refractivity contribution >= 4 is 44.2 Å². The highest BCUT2D eigenvalue weighted by molar-refractivity contribution is 9.10. The van der Waals surface area contributed by atoms with Crippen molar-refractivity contribution in [2.75, 3.05) is 11.9 Å². The van der Waals surface area contributed by atoms with Crippen LogP contribution in [0.1, 0.15) is 27.9 Å². The number of aromatic nitrogens is 1. The molecule has 2 heterocycles. The summed E-state index contributed by atoms with van der Waals surface area (Å²) in [5, 5.41) is 3.31. The van der Waals surface area contributed by atoms with Gasteiger partial charge in [-0.2, -0.15) is 0 Å². The minimum atomic E-state index is -0.132. The van der Waals surface area contributed by atoms with Crippen molar-refractivity contribution in [2.45, 2.75) is 19.9 Å². The first kappa shape index (κ1) is 15.2.